The maximum atomic E-state index is 13.0. The maximum Gasteiger partial charge on any atom is 0.224 e. The molecule has 0 fully saturated rings. The van der Waals surface area contributed by atoms with Gasteiger partial charge in [0.05, 0.1) is 5.69 Å². The van der Waals surface area contributed by atoms with Gasteiger partial charge in [0.1, 0.15) is 5.82 Å². The van der Waals surface area contributed by atoms with Gasteiger partial charge in [0.2, 0.25) is 5.91 Å². The largest absolute Gasteiger partial charge is 0.325 e. The molecule has 0 radical (unpaired) electrons. The second-order valence-electron chi connectivity index (χ2n) is 4.65. The number of carbonyl (C=O) groups excluding carboxylic acids is 1. The van der Waals surface area contributed by atoms with Crippen molar-refractivity contribution in [2.45, 2.75) is 19.3 Å². The van der Waals surface area contributed by atoms with Crippen molar-refractivity contribution in [2.75, 3.05) is 5.32 Å². The Morgan fingerprint density at radius 3 is 2.57 bits per heavy atom. The van der Waals surface area contributed by atoms with Gasteiger partial charge < -0.3 is 5.32 Å². The van der Waals surface area contributed by atoms with Crippen molar-refractivity contribution in [3.05, 3.63) is 63.3 Å². The summed E-state index contributed by atoms with van der Waals surface area (Å²) in [5.74, 6) is -0.432. The second-order valence-corrected chi connectivity index (χ2v) is 5.94. The Labute approximate surface area is 136 Å². The highest BCUT2D eigenvalue weighted by atomic mass is 79.9. The molecule has 0 aliphatic heterocycles. The summed E-state index contributed by atoms with van der Waals surface area (Å²) >= 11 is 9.04. The van der Waals surface area contributed by atoms with Gasteiger partial charge in [-0.25, -0.2) is 4.39 Å². The Bertz CT molecular complexity index is 631. The lowest BCUT2D eigenvalue weighted by Gasteiger charge is -2.07. The number of aryl methyl sites for hydroxylation is 1. The van der Waals surface area contributed by atoms with E-state index >= 15 is 0 Å². The molecule has 5 heteroatoms. The Balaban J connectivity index is 1.81. The molecule has 0 aromatic heterocycles. The number of hydrogen-bond donors (Lipinski definition) is 1. The minimum absolute atomic E-state index is 0.0868. The SMILES string of the molecule is O=C(CCCc1ccc(Cl)cc1)Nc1ccc(F)cc1Br. The van der Waals surface area contributed by atoms with Crippen molar-refractivity contribution in [3.63, 3.8) is 0 Å². The maximum absolute atomic E-state index is 13.0. The van der Waals surface area contributed by atoms with Crippen LogP contribution in [-0.4, -0.2) is 5.91 Å². The number of amides is 1. The predicted octanol–water partition coefficient (Wildman–Crippen LogP) is 5.20. The highest BCUT2D eigenvalue weighted by Crippen LogP contribution is 2.23. The molecule has 0 saturated heterocycles. The minimum atomic E-state index is -0.345. The number of carbonyl (C=O) groups is 1. The van der Waals surface area contributed by atoms with Crippen molar-refractivity contribution in [2.24, 2.45) is 0 Å². The number of hydrogen-bond acceptors (Lipinski definition) is 1. The summed E-state index contributed by atoms with van der Waals surface area (Å²) in [5, 5.41) is 3.47. The third-order valence-corrected chi connectivity index (χ3v) is 3.90. The molecule has 0 bridgehead atoms. The fraction of sp³-hybridized carbons (Fsp3) is 0.188. The van der Waals surface area contributed by atoms with Crippen LogP contribution in [0.1, 0.15) is 18.4 Å². The average Bonchev–Trinajstić information content (AvgIpc) is 2.44. The van der Waals surface area contributed by atoms with Crippen LogP contribution < -0.4 is 5.32 Å². The molecule has 0 saturated carbocycles. The van der Waals surface area contributed by atoms with Crippen LogP contribution in [0.2, 0.25) is 5.02 Å². The monoisotopic (exact) mass is 369 g/mol. The smallest absolute Gasteiger partial charge is 0.224 e. The molecule has 1 N–H and O–H groups in total. The number of nitrogens with one attached hydrogen (secondary N) is 1. The molecule has 110 valence electrons. The fourth-order valence-corrected chi connectivity index (χ4v) is 2.48. The standard InChI is InChI=1S/C16H14BrClFNO/c17-14-10-13(19)8-9-15(14)20-16(21)3-1-2-11-4-6-12(18)7-5-11/h4-10H,1-3H2,(H,20,21). The van der Waals surface area contributed by atoms with Crippen molar-refractivity contribution in [1.29, 1.82) is 0 Å². The van der Waals surface area contributed by atoms with Crippen LogP contribution in [-0.2, 0) is 11.2 Å². The quantitative estimate of drug-likeness (QED) is 0.770. The molecule has 0 aliphatic carbocycles. The molecule has 2 aromatic rings. The van der Waals surface area contributed by atoms with Gasteiger partial charge in [0, 0.05) is 15.9 Å². The molecule has 0 unspecified atom stereocenters. The average molecular weight is 371 g/mol. The molecular formula is C16H14BrClFNO. The molecule has 0 heterocycles. The Kier molecular flexibility index (Phi) is 5.76. The van der Waals surface area contributed by atoms with E-state index in [1.807, 2.05) is 24.3 Å². The summed E-state index contributed by atoms with van der Waals surface area (Å²) in [6.07, 6.45) is 1.97. The first kappa shape index (κ1) is 16.0. The van der Waals surface area contributed by atoms with Gasteiger partial charge in [-0.1, -0.05) is 23.7 Å². The van der Waals surface area contributed by atoms with Crippen LogP contribution in [0.3, 0.4) is 0 Å². The van der Waals surface area contributed by atoms with E-state index in [0.29, 0.717) is 21.6 Å². The third kappa shape index (κ3) is 5.14. The van der Waals surface area contributed by atoms with Gasteiger partial charge in [-0.15, -0.1) is 0 Å². The first-order valence-corrected chi connectivity index (χ1v) is 7.71. The zero-order valence-electron chi connectivity index (χ0n) is 11.2. The molecule has 0 aliphatic rings. The zero-order chi connectivity index (χ0) is 15.2. The van der Waals surface area contributed by atoms with Crippen molar-refractivity contribution in [1.82, 2.24) is 0 Å². The van der Waals surface area contributed by atoms with Crippen molar-refractivity contribution < 1.29 is 9.18 Å². The fourth-order valence-electron chi connectivity index (χ4n) is 1.91. The normalized spacial score (nSPS) is 10.4. The van der Waals surface area contributed by atoms with Gasteiger partial charge >= 0.3 is 0 Å². The Morgan fingerprint density at radius 2 is 1.90 bits per heavy atom. The third-order valence-electron chi connectivity index (χ3n) is 2.99. The first-order valence-electron chi connectivity index (χ1n) is 6.54. The summed E-state index contributed by atoms with van der Waals surface area (Å²) in [6.45, 7) is 0. The van der Waals surface area contributed by atoms with E-state index in [2.05, 4.69) is 21.2 Å². The van der Waals surface area contributed by atoms with Gasteiger partial charge in [-0.05, 0) is 64.7 Å². The van der Waals surface area contributed by atoms with Gasteiger partial charge in [0.25, 0.3) is 0 Å². The first-order chi connectivity index (χ1) is 10.0. The number of anilines is 1. The number of halogens is 3. The minimum Gasteiger partial charge on any atom is -0.325 e. The summed E-state index contributed by atoms with van der Waals surface area (Å²) < 4.78 is 13.5. The van der Waals surface area contributed by atoms with Crippen LogP contribution in [0.5, 0.6) is 0 Å². The summed E-state index contributed by atoms with van der Waals surface area (Å²) in [7, 11) is 0. The molecule has 2 nitrogen and oxygen atoms in total. The van der Waals surface area contributed by atoms with E-state index in [4.69, 9.17) is 11.6 Å². The topological polar surface area (TPSA) is 29.1 Å². The highest BCUT2D eigenvalue weighted by Gasteiger charge is 2.06. The Morgan fingerprint density at radius 1 is 1.19 bits per heavy atom. The van der Waals surface area contributed by atoms with Crippen LogP contribution in [0.4, 0.5) is 10.1 Å². The van der Waals surface area contributed by atoms with Crippen molar-refractivity contribution in [3.8, 4) is 0 Å². The lowest BCUT2D eigenvalue weighted by atomic mass is 10.1. The van der Waals surface area contributed by atoms with Gasteiger partial charge in [0.15, 0.2) is 0 Å². The van der Waals surface area contributed by atoms with Crippen LogP contribution in [0.15, 0.2) is 46.9 Å². The summed E-state index contributed by atoms with van der Waals surface area (Å²) in [6, 6.07) is 11.8. The van der Waals surface area contributed by atoms with Gasteiger partial charge in [-0.2, -0.15) is 0 Å². The second kappa shape index (κ2) is 7.57. The van der Waals surface area contributed by atoms with E-state index in [-0.39, 0.29) is 11.7 Å². The lowest BCUT2D eigenvalue weighted by molar-refractivity contribution is -0.116. The van der Waals surface area contributed by atoms with Crippen LogP contribution in [0, 0.1) is 5.82 Å². The number of benzene rings is 2. The lowest BCUT2D eigenvalue weighted by Crippen LogP contribution is -2.12. The van der Waals surface area contributed by atoms with Crippen LogP contribution >= 0.6 is 27.5 Å². The summed E-state index contributed by atoms with van der Waals surface area (Å²) in [4.78, 5) is 11.8. The highest BCUT2D eigenvalue weighted by molar-refractivity contribution is 9.10. The molecule has 0 spiro atoms. The van der Waals surface area contributed by atoms with Gasteiger partial charge in [-0.3, -0.25) is 4.79 Å². The Hall–Kier alpha value is -1.39. The summed E-state index contributed by atoms with van der Waals surface area (Å²) in [5.41, 5.74) is 1.73. The number of rotatable bonds is 5. The molecule has 2 rings (SSSR count). The molecule has 1 amide bonds. The van der Waals surface area contributed by atoms with E-state index < -0.39 is 0 Å². The van der Waals surface area contributed by atoms with Crippen molar-refractivity contribution >= 4 is 39.1 Å². The van der Waals surface area contributed by atoms with E-state index in [1.165, 1.54) is 18.2 Å². The molecule has 21 heavy (non-hydrogen) atoms. The molecule has 0 atom stereocenters. The van der Waals surface area contributed by atoms with E-state index in [9.17, 15) is 9.18 Å². The predicted molar refractivity (Wildman–Crippen MR) is 87.1 cm³/mol. The van der Waals surface area contributed by atoms with Crippen LogP contribution in [0.25, 0.3) is 0 Å². The molecular weight excluding hydrogens is 357 g/mol. The molecule has 2 aromatic carbocycles. The van der Waals surface area contributed by atoms with E-state index in [0.717, 1.165) is 18.4 Å². The van der Waals surface area contributed by atoms with E-state index in [1.54, 1.807) is 0 Å². The zero-order valence-corrected chi connectivity index (χ0v) is 13.5.